The Kier molecular flexibility index (Phi) is 13.4. The summed E-state index contributed by atoms with van der Waals surface area (Å²) < 4.78 is 11.9. The van der Waals surface area contributed by atoms with Crippen LogP contribution in [-0.2, 0) is 21.0 Å². The summed E-state index contributed by atoms with van der Waals surface area (Å²) in [5, 5.41) is 3.82. The van der Waals surface area contributed by atoms with E-state index in [-0.39, 0.29) is 22.4 Å². The van der Waals surface area contributed by atoms with Crippen molar-refractivity contribution >= 4 is 52.3 Å². The van der Waals surface area contributed by atoms with E-state index in [2.05, 4.69) is 16.9 Å². The molecule has 52 heavy (non-hydrogen) atoms. The van der Waals surface area contributed by atoms with E-state index in [9.17, 15) is 14.4 Å². The van der Waals surface area contributed by atoms with E-state index in [1.54, 1.807) is 61.6 Å². The third-order valence-electron chi connectivity index (χ3n) is 7.80. The van der Waals surface area contributed by atoms with Crippen molar-refractivity contribution in [1.82, 2.24) is 10.2 Å². The quantitative estimate of drug-likeness (QED) is 0.0792. The van der Waals surface area contributed by atoms with Crippen LogP contribution in [-0.4, -0.2) is 40.1 Å². The largest absolute Gasteiger partial charge is 0.490 e. The normalized spacial score (nSPS) is 14.2. The van der Waals surface area contributed by atoms with E-state index >= 15 is 0 Å². The number of amidine groups is 1. The Balaban J connectivity index is 1.39. The summed E-state index contributed by atoms with van der Waals surface area (Å²) in [5.74, 6) is -0.738. The van der Waals surface area contributed by atoms with Crippen molar-refractivity contribution < 1.29 is 23.9 Å². The SMILES string of the molecule is C=C/C=C\C(=C/C)N1C(=O)/C(=C/c2ccc(OCc3ccc(Cl)cc3)c(OCC)c2)C(=O)N=C1SCC(=O)NC(c1ccccc1)c1ccccc1. The molecule has 264 valence electrons. The van der Waals surface area contributed by atoms with Crippen LogP contribution in [0.25, 0.3) is 6.08 Å². The van der Waals surface area contributed by atoms with Gasteiger partial charge in [0.25, 0.3) is 11.8 Å². The van der Waals surface area contributed by atoms with Crippen LogP contribution in [0.1, 0.15) is 42.1 Å². The molecule has 0 unspecified atom stereocenters. The van der Waals surface area contributed by atoms with Gasteiger partial charge >= 0.3 is 0 Å². The highest BCUT2D eigenvalue weighted by molar-refractivity contribution is 8.14. The zero-order chi connectivity index (χ0) is 36.9. The van der Waals surface area contributed by atoms with E-state index in [0.29, 0.717) is 41.0 Å². The number of carbonyl (C=O) groups is 3. The number of hydrogen-bond donors (Lipinski definition) is 1. The highest BCUT2D eigenvalue weighted by atomic mass is 35.5. The maximum Gasteiger partial charge on any atom is 0.285 e. The molecule has 4 aromatic carbocycles. The van der Waals surface area contributed by atoms with Gasteiger partial charge in [0.1, 0.15) is 12.2 Å². The van der Waals surface area contributed by atoms with Gasteiger partial charge < -0.3 is 14.8 Å². The highest BCUT2D eigenvalue weighted by Gasteiger charge is 2.35. The summed E-state index contributed by atoms with van der Waals surface area (Å²) in [6.07, 6.45) is 8.16. The molecule has 0 atom stereocenters. The minimum Gasteiger partial charge on any atom is -0.490 e. The molecule has 3 amide bonds. The average molecular weight is 732 g/mol. The van der Waals surface area contributed by atoms with Crippen LogP contribution in [0.15, 0.2) is 150 Å². The summed E-state index contributed by atoms with van der Waals surface area (Å²) in [7, 11) is 0. The molecular formula is C42H38ClN3O5S. The lowest BCUT2D eigenvalue weighted by Crippen LogP contribution is -2.42. The van der Waals surface area contributed by atoms with Crippen LogP contribution in [0.3, 0.4) is 0 Å². The minimum absolute atomic E-state index is 0.0843. The third kappa shape index (κ3) is 9.78. The molecule has 5 rings (SSSR count). The lowest BCUT2D eigenvalue weighted by molar-refractivity contribution is -0.126. The first-order chi connectivity index (χ1) is 25.3. The van der Waals surface area contributed by atoms with Gasteiger partial charge in [-0.3, -0.25) is 19.3 Å². The van der Waals surface area contributed by atoms with E-state index < -0.39 is 17.9 Å². The van der Waals surface area contributed by atoms with Gasteiger partial charge in [-0.1, -0.05) is 127 Å². The van der Waals surface area contributed by atoms with Gasteiger partial charge in [-0.05, 0) is 72.5 Å². The van der Waals surface area contributed by atoms with E-state index in [0.717, 1.165) is 28.5 Å². The number of nitrogens with one attached hydrogen (secondary N) is 1. The first-order valence-electron chi connectivity index (χ1n) is 16.6. The molecule has 0 aromatic heterocycles. The maximum atomic E-state index is 14.1. The molecule has 8 nitrogen and oxygen atoms in total. The Bertz CT molecular complexity index is 1990. The molecule has 1 heterocycles. The summed E-state index contributed by atoms with van der Waals surface area (Å²) in [6.45, 7) is 8.03. The number of carbonyl (C=O) groups excluding carboxylic acids is 3. The first kappa shape index (κ1) is 37.6. The van der Waals surface area contributed by atoms with Crippen molar-refractivity contribution in [2.75, 3.05) is 12.4 Å². The van der Waals surface area contributed by atoms with Gasteiger partial charge in [0.15, 0.2) is 16.7 Å². The Hall–Kier alpha value is -5.64. The van der Waals surface area contributed by atoms with Crippen molar-refractivity contribution in [3.8, 4) is 11.5 Å². The van der Waals surface area contributed by atoms with Gasteiger partial charge in [0.2, 0.25) is 5.91 Å². The molecule has 1 aliphatic heterocycles. The number of nitrogens with zero attached hydrogens (tertiary/aromatic N) is 2. The number of thioether (sulfide) groups is 1. The van der Waals surface area contributed by atoms with Crippen molar-refractivity contribution in [1.29, 1.82) is 0 Å². The van der Waals surface area contributed by atoms with Crippen molar-refractivity contribution in [2.24, 2.45) is 4.99 Å². The number of ether oxygens (including phenoxy) is 2. The lowest BCUT2D eigenvalue weighted by Gasteiger charge is -2.28. The lowest BCUT2D eigenvalue weighted by atomic mass is 9.99. The van der Waals surface area contributed by atoms with Crippen molar-refractivity contribution in [3.63, 3.8) is 0 Å². The predicted molar refractivity (Wildman–Crippen MR) is 209 cm³/mol. The number of allylic oxidation sites excluding steroid dienone is 4. The van der Waals surface area contributed by atoms with E-state index in [4.69, 9.17) is 21.1 Å². The fourth-order valence-electron chi connectivity index (χ4n) is 5.30. The molecule has 1 N–H and O–H groups in total. The van der Waals surface area contributed by atoms with Gasteiger partial charge in [-0.2, -0.15) is 4.99 Å². The summed E-state index contributed by atoms with van der Waals surface area (Å²) in [6, 6.07) is 31.4. The monoisotopic (exact) mass is 731 g/mol. The average Bonchev–Trinajstić information content (AvgIpc) is 3.16. The van der Waals surface area contributed by atoms with Gasteiger partial charge in [0, 0.05) is 10.7 Å². The summed E-state index contributed by atoms with van der Waals surface area (Å²) >= 11 is 7.01. The van der Waals surface area contributed by atoms with E-state index in [1.165, 1.54) is 11.0 Å². The van der Waals surface area contributed by atoms with Crippen LogP contribution in [0.4, 0.5) is 0 Å². The predicted octanol–water partition coefficient (Wildman–Crippen LogP) is 8.71. The molecule has 0 fully saturated rings. The summed E-state index contributed by atoms with van der Waals surface area (Å²) in [4.78, 5) is 46.7. The first-order valence-corrected chi connectivity index (χ1v) is 18.0. The van der Waals surface area contributed by atoms with Crippen LogP contribution in [0.2, 0.25) is 5.02 Å². The highest BCUT2D eigenvalue weighted by Crippen LogP contribution is 2.32. The number of hydrogen-bond acceptors (Lipinski definition) is 6. The second kappa shape index (κ2) is 18.6. The fourth-order valence-corrected chi connectivity index (χ4v) is 6.24. The Labute approximate surface area is 313 Å². The van der Waals surface area contributed by atoms with Crippen LogP contribution in [0.5, 0.6) is 11.5 Å². The summed E-state index contributed by atoms with van der Waals surface area (Å²) in [5.41, 5.74) is 3.62. The number of amides is 3. The molecular weight excluding hydrogens is 694 g/mol. The Morgan fingerprint density at radius 2 is 1.62 bits per heavy atom. The zero-order valence-corrected chi connectivity index (χ0v) is 30.4. The maximum absolute atomic E-state index is 14.1. The third-order valence-corrected chi connectivity index (χ3v) is 8.99. The Morgan fingerprint density at radius 1 is 0.942 bits per heavy atom. The molecule has 0 bridgehead atoms. The number of rotatable bonds is 14. The van der Waals surface area contributed by atoms with Crippen LogP contribution >= 0.6 is 23.4 Å². The van der Waals surface area contributed by atoms with Crippen molar-refractivity contribution in [2.45, 2.75) is 26.5 Å². The second-order valence-electron chi connectivity index (χ2n) is 11.4. The smallest absolute Gasteiger partial charge is 0.285 e. The molecule has 0 radical (unpaired) electrons. The molecule has 10 heteroatoms. The van der Waals surface area contributed by atoms with Gasteiger partial charge in [0.05, 0.1) is 18.4 Å². The molecule has 0 aliphatic carbocycles. The van der Waals surface area contributed by atoms with Crippen LogP contribution in [0, 0.1) is 0 Å². The standard InChI is InChI=1S/C42H38ClN3O5S/c1-4-7-18-34(5-2)46-41(49)35(25-30-21-24-36(37(26-30)50-6-3)51-27-29-19-22-33(43)23-20-29)40(48)45-42(46)52-28-38(47)44-39(31-14-10-8-11-15-31)32-16-12-9-13-17-32/h4-5,7-26,39H,1,6,27-28H2,2-3H3,(H,44,47)/b18-7-,34-5+,35-25+. The van der Waals surface area contributed by atoms with Gasteiger partial charge in [-0.25, -0.2) is 0 Å². The second-order valence-corrected chi connectivity index (χ2v) is 12.8. The molecule has 0 saturated carbocycles. The number of halogens is 1. The van der Waals surface area contributed by atoms with Gasteiger partial charge in [-0.15, -0.1) is 0 Å². The molecule has 4 aromatic rings. The molecule has 1 aliphatic rings. The van der Waals surface area contributed by atoms with Crippen molar-refractivity contribution in [3.05, 3.63) is 173 Å². The van der Waals surface area contributed by atoms with Crippen LogP contribution < -0.4 is 14.8 Å². The van der Waals surface area contributed by atoms with E-state index in [1.807, 2.05) is 79.7 Å². The molecule has 0 spiro atoms. The Morgan fingerprint density at radius 3 is 2.23 bits per heavy atom. The number of benzene rings is 4. The topological polar surface area (TPSA) is 97.3 Å². The molecule has 0 saturated heterocycles. The number of aliphatic imine (C=N–C) groups is 1. The minimum atomic E-state index is -0.722. The zero-order valence-electron chi connectivity index (χ0n) is 28.8. The fraction of sp³-hybridized carbons (Fsp3) is 0.143.